The average molecular weight is 711 g/mol. The van der Waals surface area contributed by atoms with Crippen LogP contribution in [0.3, 0.4) is 0 Å². The minimum atomic E-state index is -4.26. The fourth-order valence-corrected chi connectivity index (χ4v) is 7.90. The quantitative estimate of drug-likeness (QED) is 0.211. The van der Waals surface area contributed by atoms with Crippen LogP contribution in [0.1, 0.15) is 52.9 Å². The Hall–Kier alpha value is -2.97. The van der Waals surface area contributed by atoms with Crippen LogP contribution in [0.2, 0.25) is 0 Å². The van der Waals surface area contributed by atoms with Gasteiger partial charge in [-0.2, -0.15) is 8.42 Å². The first-order chi connectivity index (χ1) is 21.1. The van der Waals surface area contributed by atoms with Gasteiger partial charge >= 0.3 is 12.1 Å². The lowest BCUT2D eigenvalue weighted by atomic mass is 9.85. The molecule has 1 saturated heterocycles. The number of hydrogen-bond donors (Lipinski definition) is 2. The summed E-state index contributed by atoms with van der Waals surface area (Å²) >= 11 is 3.27. The summed E-state index contributed by atoms with van der Waals surface area (Å²) in [4.78, 5) is 54.8. The van der Waals surface area contributed by atoms with Crippen LogP contribution in [0.5, 0.6) is 0 Å². The molecule has 3 unspecified atom stereocenters. The lowest BCUT2D eigenvalue weighted by Gasteiger charge is -2.35. The summed E-state index contributed by atoms with van der Waals surface area (Å²) in [7, 11) is -3.05. The average Bonchev–Trinajstić information content (AvgIpc) is 3.78. The number of methoxy groups -OCH3 is 1. The van der Waals surface area contributed by atoms with Crippen LogP contribution in [-0.2, 0) is 38.2 Å². The SMILES string of the molecule is C=C[C@@H]1CC1(NC(=O)[C@@H]1C[C@H](OS(=O)(=O)c2ccc(Br)cc2)CN1C(=O)C(NC(=O)OC1C[C@@H]2C[C@@H]2C1)C(C)(C)C)C(=O)OC. The maximum atomic E-state index is 14.2. The Balaban J connectivity index is 1.37. The van der Waals surface area contributed by atoms with Crippen LogP contribution in [0, 0.1) is 23.2 Å². The first-order valence-corrected chi connectivity index (χ1v) is 17.3. The third kappa shape index (κ3) is 7.07. The van der Waals surface area contributed by atoms with E-state index in [1.807, 2.05) is 0 Å². The van der Waals surface area contributed by atoms with Crippen LogP contribution < -0.4 is 10.6 Å². The molecule has 3 aliphatic carbocycles. The zero-order chi connectivity index (χ0) is 32.9. The summed E-state index contributed by atoms with van der Waals surface area (Å²) in [6, 6.07) is 3.55. The van der Waals surface area contributed by atoms with Crippen molar-refractivity contribution in [3.8, 4) is 0 Å². The van der Waals surface area contributed by atoms with Crippen molar-refractivity contribution in [3.05, 3.63) is 41.4 Å². The molecule has 246 valence electrons. The minimum Gasteiger partial charge on any atom is -0.467 e. The van der Waals surface area contributed by atoms with Crippen LogP contribution >= 0.6 is 15.9 Å². The molecule has 8 atom stereocenters. The largest absolute Gasteiger partial charge is 0.467 e. The van der Waals surface area contributed by atoms with E-state index in [1.54, 1.807) is 39.0 Å². The Morgan fingerprint density at radius 1 is 1.07 bits per heavy atom. The van der Waals surface area contributed by atoms with Gasteiger partial charge in [0.15, 0.2) is 0 Å². The molecule has 1 aliphatic heterocycles. The monoisotopic (exact) mass is 709 g/mol. The number of nitrogens with one attached hydrogen (secondary N) is 2. The molecule has 1 heterocycles. The number of rotatable bonds is 10. The Kier molecular flexibility index (Phi) is 9.15. The zero-order valence-electron chi connectivity index (χ0n) is 25.8. The highest BCUT2D eigenvalue weighted by Gasteiger charge is 2.62. The van der Waals surface area contributed by atoms with Crippen molar-refractivity contribution in [1.82, 2.24) is 15.5 Å². The Bertz CT molecular complexity index is 1470. The van der Waals surface area contributed by atoms with Crippen LogP contribution in [0.4, 0.5) is 4.79 Å². The predicted molar refractivity (Wildman–Crippen MR) is 165 cm³/mol. The van der Waals surface area contributed by atoms with Crippen molar-refractivity contribution in [1.29, 1.82) is 0 Å². The van der Waals surface area contributed by atoms with Gasteiger partial charge in [-0.05, 0) is 67.2 Å². The second kappa shape index (κ2) is 12.3. The summed E-state index contributed by atoms with van der Waals surface area (Å²) in [5.74, 6) is -1.11. The highest BCUT2D eigenvalue weighted by atomic mass is 79.9. The van der Waals surface area contributed by atoms with Gasteiger partial charge in [-0.25, -0.2) is 9.59 Å². The molecule has 3 saturated carbocycles. The number of likely N-dealkylation sites (tertiary alicyclic amines) is 1. The fourth-order valence-electron chi connectivity index (χ4n) is 6.56. The van der Waals surface area contributed by atoms with E-state index in [-0.39, 0.29) is 36.3 Å². The lowest BCUT2D eigenvalue weighted by molar-refractivity contribution is -0.148. The number of amides is 3. The van der Waals surface area contributed by atoms with Crippen molar-refractivity contribution < 1.29 is 41.3 Å². The van der Waals surface area contributed by atoms with Gasteiger partial charge in [0.05, 0.1) is 18.1 Å². The number of ether oxygens (including phenoxy) is 2. The van der Waals surface area contributed by atoms with Gasteiger partial charge in [0.25, 0.3) is 10.1 Å². The topological polar surface area (TPSA) is 157 Å². The van der Waals surface area contributed by atoms with E-state index < -0.39 is 63.1 Å². The van der Waals surface area contributed by atoms with Crippen LogP contribution in [0.25, 0.3) is 0 Å². The molecule has 0 aromatic heterocycles. The molecular weight excluding hydrogens is 670 g/mol. The summed E-state index contributed by atoms with van der Waals surface area (Å²) in [6.07, 6.45) is 2.40. The third-order valence-electron chi connectivity index (χ3n) is 9.26. The summed E-state index contributed by atoms with van der Waals surface area (Å²) in [6.45, 7) is 8.77. The second-order valence-corrected chi connectivity index (χ2v) is 16.1. The molecule has 0 spiro atoms. The lowest BCUT2D eigenvalue weighted by Crippen LogP contribution is -2.59. The molecule has 12 nitrogen and oxygen atoms in total. The van der Waals surface area contributed by atoms with Gasteiger partial charge in [0.1, 0.15) is 23.7 Å². The van der Waals surface area contributed by atoms with E-state index >= 15 is 0 Å². The number of fused-ring (bicyclic) bond motifs is 1. The molecule has 45 heavy (non-hydrogen) atoms. The smallest absolute Gasteiger partial charge is 0.408 e. The summed E-state index contributed by atoms with van der Waals surface area (Å²) in [5, 5.41) is 5.45. The number of alkyl carbamates (subject to hydrolysis) is 1. The molecule has 4 fully saturated rings. The predicted octanol–water partition coefficient (Wildman–Crippen LogP) is 3.30. The van der Waals surface area contributed by atoms with Gasteiger partial charge in [-0.15, -0.1) is 6.58 Å². The van der Waals surface area contributed by atoms with Crippen molar-refractivity contribution in [2.24, 2.45) is 23.2 Å². The first-order valence-electron chi connectivity index (χ1n) is 15.1. The normalized spacial score (nSPS) is 30.9. The highest BCUT2D eigenvalue weighted by Crippen LogP contribution is 2.52. The highest BCUT2D eigenvalue weighted by molar-refractivity contribution is 9.10. The van der Waals surface area contributed by atoms with Crippen molar-refractivity contribution in [3.63, 3.8) is 0 Å². The maximum absolute atomic E-state index is 14.2. The molecule has 1 aromatic carbocycles. The van der Waals surface area contributed by atoms with Gasteiger partial charge in [0, 0.05) is 23.4 Å². The molecule has 5 rings (SSSR count). The van der Waals surface area contributed by atoms with E-state index in [9.17, 15) is 27.6 Å². The number of hydrogen-bond acceptors (Lipinski definition) is 9. The number of esters is 1. The minimum absolute atomic E-state index is 0.0885. The van der Waals surface area contributed by atoms with E-state index in [4.69, 9.17) is 13.7 Å². The van der Waals surface area contributed by atoms with Crippen molar-refractivity contribution in [2.75, 3.05) is 13.7 Å². The number of carbonyl (C=O) groups excluding carboxylic acids is 4. The van der Waals surface area contributed by atoms with Crippen LogP contribution in [-0.4, -0.2) is 80.7 Å². The van der Waals surface area contributed by atoms with Gasteiger partial charge in [-0.3, -0.25) is 13.8 Å². The van der Waals surface area contributed by atoms with E-state index in [1.165, 1.54) is 24.1 Å². The molecule has 14 heteroatoms. The van der Waals surface area contributed by atoms with Crippen molar-refractivity contribution >= 4 is 49.9 Å². The number of carbonyl (C=O) groups is 4. The maximum Gasteiger partial charge on any atom is 0.408 e. The van der Waals surface area contributed by atoms with Gasteiger partial charge < -0.3 is 25.0 Å². The molecule has 1 aromatic rings. The molecule has 3 amide bonds. The number of nitrogens with zero attached hydrogens (tertiary/aromatic N) is 1. The van der Waals surface area contributed by atoms with E-state index in [2.05, 4.69) is 33.1 Å². The second-order valence-electron chi connectivity index (χ2n) is 13.6. The van der Waals surface area contributed by atoms with E-state index in [0.717, 1.165) is 19.3 Å². The van der Waals surface area contributed by atoms with E-state index in [0.29, 0.717) is 16.3 Å². The van der Waals surface area contributed by atoms with Gasteiger partial charge in [0.2, 0.25) is 11.8 Å². The molecule has 2 N–H and O–H groups in total. The summed E-state index contributed by atoms with van der Waals surface area (Å²) < 4.78 is 43.1. The van der Waals surface area contributed by atoms with Crippen molar-refractivity contribution in [2.45, 2.75) is 87.6 Å². The molecule has 4 aliphatic rings. The van der Waals surface area contributed by atoms with Crippen LogP contribution in [0.15, 0.2) is 46.3 Å². The molecule has 0 bridgehead atoms. The molecule has 0 radical (unpaired) electrons. The Morgan fingerprint density at radius 2 is 1.71 bits per heavy atom. The Morgan fingerprint density at radius 3 is 2.27 bits per heavy atom. The summed E-state index contributed by atoms with van der Waals surface area (Å²) in [5.41, 5.74) is -2.15. The number of benzene rings is 1. The number of halogens is 1. The zero-order valence-corrected chi connectivity index (χ0v) is 28.2. The fraction of sp³-hybridized carbons (Fsp3) is 0.613. The van der Waals surface area contributed by atoms with Gasteiger partial charge in [-0.1, -0.05) is 42.8 Å². The Labute approximate surface area is 271 Å². The first kappa shape index (κ1) is 33.4. The third-order valence-corrected chi connectivity index (χ3v) is 11.2. The standard InChI is InChI=1S/C31H40BrN3O9S/c1-6-19-15-31(19,28(38)42-5)34-26(36)24-14-22(44-45(40,41)23-9-7-20(32)8-10-23)16-35(24)27(37)25(30(2,3)4)33-29(39)43-21-12-17-11-18(17)13-21/h6-10,17-19,21-22,24-25H,1,11-16H2,2-5H3,(H,33,39)(H,34,36)/t17-,18+,19-,21?,22+,24+,25?,31?/m1/s1. The molecular formula is C31H40BrN3O9S.